The van der Waals surface area contributed by atoms with Crippen LogP contribution in [0, 0.1) is 26.7 Å². The number of hydrogen-bond acceptors (Lipinski definition) is 8. The molecule has 1 aliphatic rings. The summed E-state index contributed by atoms with van der Waals surface area (Å²) in [6, 6.07) is 8.22. The predicted octanol–water partition coefficient (Wildman–Crippen LogP) is 4.78. The van der Waals surface area contributed by atoms with Crippen LogP contribution >= 0.6 is 11.6 Å². The molecule has 5 rings (SSSR count). The van der Waals surface area contributed by atoms with E-state index in [1.807, 2.05) is 39.0 Å². The summed E-state index contributed by atoms with van der Waals surface area (Å²) in [5.41, 5.74) is 4.50. The third kappa shape index (κ3) is 4.23. The van der Waals surface area contributed by atoms with E-state index in [1.165, 1.54) is 0 Å². The van der Waals surface area contributed by atoms with Crippen LogP contribution in [0.4, 0.5) is 5.82 Å². The molecule has 1 aliphatic carbocycles. The van der Waals surface area contributed by atoms with Crippen molar-refractivity contribution in [3.63, 3.8) is 0 Å². The molecule has 32 heavy (non-hydrogen) atoms. The lowest BCUT2D eigenvalue weighted by molar-refractivity contribution is 0.274. The van der Waals surface area contributed by atoms with Crippen LogP contribution in [0.15, 0.2) is 34.9 Å². The monoisotopic (exact) mass is 450 g/mol. The number of rotatable bonds is 7. The fraction of sp³-hybridized carbons (Fsp3) is 0.348. The van der Waals surface area contributed by atoms with Crippen LogP contribution in [0.3, 0.4) is 0 Å². The number of fused-ring (bicyclic) bond motifs is 1. The fourth-order valence-corrected chi connectivity index (χ4v) is 3.92. The minimum Gasteiger partial charge on any atom is -0.463 e. The van der Waals surface area contributed by atoms with Gasteiger partial charge in [-0.15, -0.1) is 0 Å². The highest BCUT2D eigenvalue weighted by atomic mass is 35.5. The van der Waals surface area contributed by atoms with Gasteiger partial charge in [0.1, 0.15) is 16.7 Å². The number of halogens is 1. The maximum Gasteiger partial charge on any atom is 0.319 e. The molecule has 4 aromatic rings. The van der Waals surface area contributed by atoms with Crippen molar-refractivity contribution < 1.29 is 9.15 Å². The van der Waals surface area contributed by atoms with Crippen LogP contribution < -0.4 is 10.1 Å². The highest BCUT2D eigenvalue weighted by molar-refractivity contribution is 6.30. The Balaban J connectivity index is 1.23. The number of aryl methyl sites for hydroxylation is 2. The lowest BCUT2D eigenvalue weighted by Gasteiger charge is -2.11. The van der Waals surface area contributed by atoms with E-state index >= 15 is 0 Å². The molecule has 1 fully saturated rings. The Bertz CT molecular complexity index is 1290. The van der Waals surface area contributed by atoms with Gasteiger partial charge in [0, 0.05) is 36.2 Å². The van der Waals surface area contributed by atoms with Crippen molar-refractivity contribution in [3.8, 4) is 6.01 Å². The van der Waals surface area contributed by atoms with Gasteiger partial charge in [0.2, 0.25) is 0 Å². The highest BCUT2D eigenvalue weighted by Crippen LogP contribution is 2.47. The zero-order valence-corrected chi connectivity index (χ0v) is 18.8. The maximum atomic E-state index is 6.32. The van der Waals surface area contributed by atoms with E-state index < -0.39 is 0 Å². The van der Waals surface area contributed by atoms with Gasteiger partial charge in [-0.25, -0.2) is 4.98 Å². The van der Waals surface area contributed by atoms with Crippen molar-refractivity contribution in [1.29, 1.82) is 0 Å². The highest BCUT2D eigenvalue weighted by Gasteiger charge is 2.40. The molecule has 2 atom stereocenters. The average molecular weight is 451 g/mol. The van der Waals surface area contributed by atoms with Crippen LogP contribution in [0.5, 0.6) is 6.01 Å². The Morgan fingerprint density at radius 2 is 1.97 bits per heavy atom. The molecular weight excluding hydrogens is 428 g/mol. The lowest BCUT2D eigenvalue weighted by atomic mass is 10.2. The van der Waals surface area contributed by atoms with E-state index in [4.69, 9.17) is 25.7 Å². The number of pyridine rings is 2. The molecule has 0 spiro atoms. The molecule has 0 bridgehead atoms. The number of ether oxygens (including phenoxy) is 1. The molecule has 0 radical (unpaired) electrons. The molecule has 164 valence electrons. The van der Waals surface area contributed by atoms with Crippen molar-refractivity contribution in [2.45, 2.75) is 39.7 Å². The minimum absolute atomic E-state index is 0.259. The number of hydrogen-bond donors (Lipinski definition) is 1. The van der Waals surface area contributed by atoms with Gasteiger partial charge in [-0.3, -0.25) is 9.97 Å². The van der Waals surface area contributed by atoms with E-state index in [-0.39, 0.29) is 6.01 Å². The van der Waals surface area contributed by atoms with Crippen LogP contribution in [-0.2, 0) is 6.54 Å². The number of nitrogens with one attached hydrogen (secondary N) is 1. The summed E-state index contributed by atoms with van der Waals surface area (Å²) in [6.07, 6.45) is 2.80. The molecule has 1 N–H and O–H groups in total. The lowest BCUT2D eigenvalue weighted by Crippen LogP contribution is -2.09. The number of oxazole rings is 1. The van der Waals surface area contributed by atoms with Gasteiger partial charge in [-0.1, -0.05) is 11.6 Å². The summed E-state index contributed by atoms with van der Waals surface area (Å²) in [7, 11) is 0. The summed E-state index contributed by atoms with van der Waals surface area (Å²) < 4.78 is 11.5. The quantitative estimate of drug-likeness (QED) is 0.401. The standard InChI is InChI=1S/C23H23ClN6O2/c1-12-21(24)29-23(30-22(12)26-10-20-13(2)27-14(3)32-20)31-11-15-9-16(15)17-6-7-18-19(28-17)5-4-8-25-18/h4-8,15-16H,9-11H2,1-3H3,(H,26,29,30)/t15-,16+/m1/s1. The second-order valence-electron chi connectivity index (χ2n) is 8.06. The third-order valence-corrected chi connectivity index (χ3v) is 6.06. The summed E-state index contributed by atoms with van der Waals surface area (Å²) in [6.45, 7) is 6.56. The predicted molar refractivity (Wildman–Crippen MR) is 121 cm³/mol. The largest absolute Gasteiger partial charge is 0.463 e. The minimum atomic E-state index is 0.259. The van der Waals surface area contributed by atoms with E-state index in [0.29, 0.717) is 41.8 Å². The molecule has 0 amide bonds. The maximum absolute atomic E-state index is 6.32. The number of aromatic nitrogens is 5. The van der Waals surface area contributed by atoms with E-state index in [0.717, 1.165) is 40.2 Å². The zero-order chi connectivity index (χ0) is 22.2. The molecule has 0 unspecified atom stereocenters. The van der Waals surface area contributed by atoms with Crippen molar-refractivity contribution in [1.82, 2.24) is 24.9 Å². The van der Waals surface area contributed by atoms with Gasteiger partial charge >= 0.3 is 6.01 Å². The van der Waals surface area contributed by atoms with Crippen LogP contribution in [-0.4, -0.2) is 31.5 Å². The van der Waals surface area contributed by atoms with E-state index in [2.05, 4.69) is 31.3 Å². The average Bonchev–Trinajstić information content (AvgIpc) is 3.49. The van der Waals surface area contributed by atoms with Crippen molar-refractivity contribution in [2.75, 3.05) is 11.9 Å². The van der Waals surface area contributed by atoms with E-state index in [1.54, 1.807) is 6.20 Å². The molecule has 0 aromatic carbocycles. The molecule has 4 aromatic heterocycles. The first kappa shape index (κ1) is 20.6. The molecule has 8 nitrogen and oxygen atoms in total. The Morgan fingerprint density at radius 3 is 2.78 bits per heavy atom. The van der Waals surface area contributed by atoms with Gasteiger partial charge in [-0.2, -0.15) is 9.97 Å². The van der Waals surface area contributed by atoms with Gasteiger partial charge in [-0.05, 0) is 44.5 Å². The summed E-state index contributed by atoms with van der Waals surface area (Å²) in [5.74, 6) is 2.76. The first-order valence-corrected chi connectivity index (χ1v) is 10.9. The second-order valence-corrected chi connectivity index (χ2v) is 8.41. The van der Waals surface area contributed by atoms with Gasteiger partial charge in [0.25, 0.3) is 0 Å². The Kier molecular flexibility index (Phi) is 5.38. The first-order valence-electron chi connectivity index (χ1n) is 10.5. The molecule has 9 heteroatoms. The summed E-state index contributed by atoms with van der Waals surface area (Å²) in [4.78, 5) is 22.2. The third-order valence-electron chi connectivity index (χ3n) is 5.69. The Hall–Kier alpha value is -3.26. The number of anilines is 1. The van der Waals surface area contributed by atoms with Crippen molar-refractivity contribution >= 4 is 28.5 Å². The number of nitrogens with zero attached hydrogens (tertiary/aromatic N) is 5. The fourth-order valence-electron chi connectivity index (χ4n) is 3.76. The summed E-state index contributed by atoms with van der Waals surface area (Å²) in [5, 5.41) is 3.61. The first-order chi connectivity index (χ1) is 15.5. The van der Waals surface area contributed by atoms with E-state index in [9.17, 15) is 0 Å². The Morgan fingerprint density at radius 1 is 1.09 bits per heavy atom. The van der Waals surface area contributed by atoms with Crippen LogP contribution in [0.25, 0.3) is 11.0 Å². The summed E-state index contributed by atoms with van der Waals surface area (Å²) >= 11 is 6.32. The molecule has 4 heterocycles. The second kappa shape index (κ2) is 8.35. The molecule has 1 saturated carbocycles. The smallest absolute Gasteiger partial charge is 0.319 e. The van der Waals surface area contributed by atoms with Gasteiger partial charge < -0.3 is 14.5 Å². The van der Waals surface area contributed by atoms with Crippen LogP contribution in [0.2, 0.25) is 5.15 Å². The topological polar surface area (TPSA) is 98.9 Å². The zero-order valence-electron chi connectivity index (χ0n) is 18.1. The van der Waals surface area contributed by atoms with Gasteiger partial charge in [0.05, 0.1) is 29.9 Å². The SMILES string of the molecule is Cc1nc(C)c(CNc2nc(OC[C@H]3C[C@@H]3c3ccc4ncccc4n3)nc(Cl)c2C)o1. The van der Waals surface area contributed by atoms with Crippen LogP contribution in [0.1, 0.15) is 40.9 Å². The van der Waals surface area contributed by atoms with Gasteiger partial charge in [0.15, 0.2) is 5.89 Å². The molecule has 0 saturated heterocycles. The molecular formula is C23H23ClN6O2. The van der Waals surface area contributed by atoms with Crippen molar-refractivity contribution in [2.24, 2.45) is 5.92 Å². The molecule has 0 aliphatic heterocycles. The normalized spacial score (nSPS) is 17.5. The van der Waals surface area contributed by atoms with Crippen molar-refractivity contribution in [3.05, 3.63) is 64.2 Å². The Labute approximate surface area is 190 Å².